The van der Waals surface area contributed by atoms with E-state index in [2.05, 4.69) is 25.2 Å². The van der Waals surface area contributed by atoms with Crippen LogP contribution in [0.3, 0.4) is 0 Å². The Morgan fingerprint density at radius 1 is 1.28 bits per heavy atom. The summed E-state index contributed by atoms with van der Waals surface area (Å²) in [4.78, 5) is 11.7. The molecule has 1 fully saturated rings. The minimum Gasteiger partial charge on any atom is -0.353 e. The molecule has 0 spiro atoms. The van der Waals surface area contributed by atoms with Crippen molar-refractivity contribution >= 4 is 5.91 Å². The molecular formula is C15H26N2O. The van der Waals surface area contributed by atoms with Crippen molar-refractivity contribution < 1.29 is 4.79 Å². The average molecular weight is 250 g/mol. The van der Waals surface area contributed by atoms with E-state index in [1.165, 1.54) is 6.42 Å². The summed E-state index contributed by atoms with van der Waals surface area (Å²) in [6.45, 7) is 4.43. The highest BCUT2D eigenvalue weighted by molar-refractivity contribution is 5.76. The molecule has 0 atom stereocenters. The first-order valence-corrected chi connectivity index (χ1v) is 7.30. The second-order valence-electron chi connectivity index (χ2n) is 5.88. The van der Waals surface area contributed by atoms with Gasteiger partial charge < -0.3 is 5.32 Å². The largest absolute Gasteiger partial charge is 0.353 e. The minimum atomic E-state index is 0.194. The fraction of sp³-hybridized carbons (Fsp3) is 0.867. The molecule has 0 radical (unpaired) electrons. The topological polar surface area (TPSA) is 52.9 Å². The molecule has 1 amide bonds. The summed E-state index contributed by atoms with van der Waals surface area (Å²) in [5.74, 6) is 1.14. The maximum absolute atomic E-state index is 11.7. The standard InChI is InChI=1S/C15H26N2O/c1-12(2)5-3-4-6-15(18)17-14-9-7-13(11-16)8-10-14/h12-14H,3-10H2,1-2H3,(H,17,18). The van der Waals surface area contributed by atoms with Crippen LogP contribution >= 0.6 is 0 Å². The molecule has 0 aromatic carbocycles. The molecule has 3 heteroatoms. The third-order valence-corrected chi connectivity index (χ3v) is 3.71. The van der Waals surface area contributed by atoms with Gasteiger partial charge in [-0.1, -0.05) is 26.7 Å². The van der Waals surface area contributed by atoms with Crippen LogP contribution in [0.15, 0.2) is 0 Å². The zero-order valence-corrected chi connectivity index (χ0v) is 11.7. The third kappa shape index (κ3) is 6.05. The Kier molecular flexibility index (Phi) is 6.78. The first-order chi connectivity index (χ1) is 8.61. The second-order valence-corrected chi connectivity index (χ2v) is 5.88. The van der Waals surface area contributed by atoms with Crippen LogP contribution in [0.5, 0.6) is 0 Å². The van der Waals surface area contributed by atoms with Gasteiger partial charge in [-0.05, 0) is 38.0 Å². The highest BCUT2D eigenvalue weighted by atomic mass is 16.1. The zero-order chi connectivity index (χ0) is 13.4. The molecule has 3 nitrogen and oxygen atoms in total. The van der Waals surface area contributed by atoms with Gasteiger partial charge >= 0.3 is 0 Å². The monoisotopic (exact) mass is 250 g/mol. The van der Waals surface area contributed by atoms with Gasteiger partial charge in [-0.15, -0.1) is 0 Å². The molecule has 1 rings (SSSR count). The summed E-state index contributed by atoms with van der Waals surface area (Å²) in [7, 11) is 0. The van der Waals surface area contributed by atoms with Gasteiger partial charge in [0.2, 0.25) is 5.91 Å². The molecule has 0 unspecified atom stereocenters. The van der Waals surface area contributed by atoms with E-state index >= 15 is 0 Å². The Bertz CT molecular complexity index is 285. The van der Waals surface area contributed by atoms with Crippen LogP contribution in [0.2, 0.25) is 0 Å². The van der Waals surface area contributed by atoms with Crippen molar-refractivity contribution in [2.45, 2.75) is 71.3 Å². The maximum Gasteiger partial charge on any atom is 0.220 e. The molecule has 0 aromatic rings. The summed E-state index contributed by atoms with van der Waals surface area (Å²) < 4.78 is 0. The Hall–Kier alpha value is -1.04. The van der Waals surface area contributed by atoms with Crippen molar-refractivity contribution in [2.24, 2.45) is 11.8 Å². The van der Waals surface area contributed by atoms with Gasteiger partial charge in [0.25, 0.3) is 0 Å². The van der Waals surface area contributed by atoms with Crippen molar-refractivity contribution in [3.8, 4) is 6.07 Å². The number of nitrogens with zero attached hydrogens (tertiary/aromatic N) is 1. The highest BCUT2D eigenvalue weighted by Gasteiger charge is 2.21. The molecule has 0 aliphatic heterocycles. The van der Waals surface area contributed by atoms with E-state index in [-0.39, 0.29) is 11.8 Å². The van der Waals surface area contributed by atoms with Crippen LogP contribution in [0, 0.1) is 23.2 Å². The van der Waals surface area contributed by atoms with Gasteiger partial charge in [-0.25, -0.2) is 0 Å². The van der Waals surface area contributed by atoms with E-state index < -0.39 is 0 Å². The fourth-order valence-electron chi connectivity index (χ4n) is 2.50. The zero-order valence-electron chi connectivity index (χ0n) is 11.7. The molecule has 1 N–H and O–H groups in total. The highest BCUT2D eigenvalue weighted by Crippen LogP contribution is 2.23. The van der Waals surface area contributed by atoms with E-state index in [0.717, 1.165) is 44.4 Å². The van der Waals surface area contributed by atoms with Gasteiger partial charge in [0.15, 0.2) is 0 Å². The molecular weight excluding hydrogens is 224 g/mol. The van der Waals surface area contributed by atoms with Gasteiger partial charge in [0.1, 0.15) is 0 Å². The minimum absolute atomic E-state index is 0.194. The van der Waals surface area contributed by atoms with Crippen LogP contribution in [0.1, 0.15) is 65.2 Å². The van der Waals surface area contributed by atoms with Crippen molar-refractivity contribution in [1.29, 1.82) is 5.26 Å². The Balaban J connectivity index is 2.08. The number of amides is 1. The molecule has 1 saturated carbocycles. The summed E-state index contributed by atoms with van der Waals surface area (Å²) in [6, 6.07) is 2.63. The molecule has 0 saturated heterocycles. The molecule has 0 heterocycles. The van der Waals surface area contributed by atoms with Crippen molar-refractivity contribution in [1.82, 2.24) is 5.32 Å². The van der Waals surface area contributed by atoms with Crippen LogP contribution in [-0.2, 0) is 4.79 Å². The van der Waals surface area contributed by atoms with Gasteiger partial charge in [-0.3, -0.25) is 4.79 Å². The first-order valence-electron chi connectivity index (χ1n) is 7.30. The Labute approximate surface area is 111 Å². The lowest BCUT2D eigenvalue weighted by atomic mass is 9.87. The molecule has 0 aromatic heterocycles. The number of carbonyl (C=O) groups excluding carboxylic acids is 1. The molecule has 1 aliphatic rings. The SMILES string of the molecule is CC(C)CCCCC(=O)NC1CCC(C#N)CC1. The number of rotatable bonds is 6. The van der Waals surface area contributed by atoms with Crippen LogP contribution < -0.4 is 5.32 Å². The lowest BCUT2D eigenvalue weighted by Gasteiger charge is -2.25. The van der Waals surface area contributed by atoms with Crippen molar-refractivity contribution in [3.63, 3.8) is 0 Å². The van der Waals surface area contributed by atoms with E-state index in [4.69, 9.17) is 5.26 Å². The van der Waals surface area contributed by atoms with Crippen molar-refractivity contribution in [2.75, 3.05) is 0 Å². The van der Waals surface area contributed by atoms with Gasteiger partial charge in [0.05, 0.1) is 6.07 Å². The quantitative estimate of drug-likeness (QED) is 0.734. The Morgan fingerprint density at radius 3 is 2.50 bits per heavy atom. The van der Waals surface area contributed by atoms with E-state index in [0.29, 0.717) is 12.5 Å². The van der Waals surface area contributed by atoms with E-state index in [9.17, 15) is 4.79 Å². The smallest absolute Gasteiger partial charge is 0.220 e. The number of carbonyl (C=O) groups is 1. The lowest BCUT2D eigenvalue weighted by molar-refractivity contribution is -0.122. The summed E-state index contributed by atoms with van der Waals surface area (Å²) in [5, 5.41) is 11.9. The molecule has 0 bridgehead atoms. The average Bonchev–Trinajstić information content (AvgIpc) is 2.35. The van der Waals surface area contributed by atoms with Crippen LogP contribution in [-0.4, -0.2) is 11.9 Å². The number of hydrogen-bond acceptors (Lipinski definition) is 2. The summed E-state index contributed by atoms with van der Waals surface area (Å²) in [5.41, 5.74) is 0. The first kappa shape index (κ1) is 15.0. The van der Waals surface area contributed by atoms with Gasteiger partial charge in [0, 0.05) is 18.4 Å². The third-order valence-electron chi connectivity index (χ3n) is 3.71. The lowest BCUT2D eigenvalue weighted by Crippen LogP contribution is -2.37. The van der Waals surface area contributed by atoms with Crippen molar-refractivity contribution in [3.05, 3.63) is 0 Å². The normalized spacial score (nSPS) is 23.7. The molecule has 1 aliphatic carbocycles. The molecule has 102 valence electrons. The number of hydrogen-bond donors (Lipinski definition) is 1. The van der Waals surface area contributed by atoms with E-state index in [1.807, 2.05) is 0 Å². The number of nitriles is 1. The fourth-order valence-corrected chi connectivity index (χ4v) is 2.50. The van der Waals surface area contributed by atoms with Crippen LogP contribution in [0.4, 0.5) is 0 Å². The second kappa shape index (κ2) is 8.13. The maximum atomic E-state index is 11.7. The summed E-state index contributed by atoms with van der Waals surface area (Å²) >= 11 is 0. The summed E-state index contributed by atoms with van der Waals surface area (Å²) in [6.07, 6.45) is 7.82. The predicted octanol–water partition coefficient (Wildman–Crippen LogP) is 3.40. The number of nitrogens with one attached hydrogen (secondary N) is 1. The van der Waals surface area contributed by atoms with Crippen LogP contribution in [0.25, 0.3) is 0 Å². The van der Waals surface area contributed by atoms with Gasteiger partial charge in [-0.2, -0.15) is 5.26 Å². The predicted molar refractivity (Wildman–Crippen MR) is 72.8 cm³/mol. The number of unbranched alkanes of at least 4 members (excludes halogenated alkanes) is 1. The van der Waals surface area contributed by atoms with E-state index in [1.54, 1.807) is 0 Å². The Morgan fingerprint density at radius 2 is 1.94 bits per heavy atom. The molecule has 18 heavy (non-hydrogen) atoms.